The van der Waals surface area contributed by atoms with Crippen LogP contribution in [-0.2, 0) is 9.53 Å². The minimum absolute atomic E-state index is 0.00865. The van der Waals surface area contributed by atoms with E-state index < -0.39 is 46.1 Å². The molecule has 0 saturated carbocycles. The molecule has 0 amide bonds. The van der Waals surface area contributed by atoms with Gasteiger partial charge in [-0.05, 0) is 26.8 Å². The van der Waals surface area contributed by atoms with E-state index in [1.165, 1.54) is 6.20 Å². The smallest absolute Gasteiger partial charge is 0.343 e. The topological polar surface area (TPSA) is 55.8 Å². The Kier molecular flexibility index (Phi) is 7.47. The lowest BCUT2D eigenvalue weighted by Gasteiger charge is -2.17. The molecule has 0 fully saturated rings. The Morgan fingerprint density at radius 1 is 1.12 bits per heavy atom. The van der Waals surface area contributed by atoms with Crippen LogP contribution >= 0.6 is 0 Å². The van der Waals surface area contributed by atoms with Gasteiger partial charge in [0.05, 0.1) is 19.3 Å². The monoisotopic (exact) mass is 359 g/mol. The van der Waals surface area contributed by atoms with Crippen molar-refractivity contribution in [3.8, 4) is 5.75 Å². The second kappa shape index (κ2) is 9.10. The van der Waals surface area contributed by atoms with Crippen molar-refractivity contribution in [2.45, 2.75) is 20.8 Å². The Bertz CT molecular complexity index is 685. The van der Waals surface area contributed by atoms with E-state index in [4.69, 9.17) is 4.74 Å². The summed E-state index contributed by atoms with van der Waals surface area (Å²) in [5.74, 6) is -7.55. The SMILES string of the molecule is CCOC(=O)/C(=C\N(CC)CC)C(=O)c1cc(F)c(F)c(OC)c1F. The van der Waals surface area contributed by atoms with Crippen molar-refractivity contribution in [2.75, 3.05) is 26.8 Å². The van der Waals surface area contributed by atoms with Crippen molar-refractivity contribution in [1.29, 1.82) is 0 Å². The molecule has 0 N–H and O–H groups in total. The van der Waals surface area contributed by atoms with Gasteiger partial charge in [-0.2, -0.15) is 4.39 Å². The highest BCUT2D eigenvalue weighted by atomic mass is 19.2. The second-order valence-corrected chi connectivity index (χ2v) is 4.88. The zero-order valence-corrected chi connectivity index (χ0v) is 14.5. The largest absolute Gasteiger partial charge is 0.491 e. The Labute approximate surface area is 144 Å². The molecule has 0 saturated heterocycles. The molecule has 1 rings (SSSR count). The van der Waals surface area contributed by atoms with Crippen LogP contribution in [-0.4, -0.2) is 43.5 Å². The van der Waals surface area contributed by atoms with Gasteiger partial charge in [0.1, 0.15) is 5.57 Å². The predicted molar refractivity (Wildman–Crippen MR) is 84.8 cm³/mol. The molecule has 8 heteroatoms. The summed E-state index contributed by atoms with van der Waals surface area (Å²) >= 11 is 0. The van der Waals surface area contributed by atoms with Crippen molar-refractivity contribution in [3.63, 3.8) is 0 Å². The number of carbonyl (C=O) groups is 2. The number of ketones is 1. The first-order chi connectivity index (χ1) is 11.8. The molecule has 1 aromatic carbocycles. The van der Waals surface area contributed by atoms with Crippen molar-refractivity contribution in [1.82, 2.24) is 4.90 Å². The normalized spacial score (nSPS) is 11.2. The van der Waals surface area contributed by atoms with E-state index in [9.17, 15) is 22.8 Å². The van der Waals surface area contributed by atoms with Gasteiger partial charge in [-0.3, -0.25) is 4.79 Å². The van der Waals surface area contributed by atoms with Crippen LogP contribution in [0.15, 0.2) is 17.8 Å². The minimum Gasteiger partial charge on any atom is -0.491 e. The Balaban J connectivity index is 3.49. The van der Waals surface area contributed by atoms with E-state index >= 15 is 0 Å². The van der Waals surface area contributed by atoms with Gasteiger partial charge in [0.25, 0.3) is 0 Å². The lowest BCUT2D eigenvalue weighted by molar-refractivity contribution is -0.138. The summed E-state index contributed by atoms with van der Waals surface area (Å²) in [6.45, 7) is 6.04. The Morgan fingerprint density at radius 2 is 1.72 bits per heavy atom. The molecule has 0 atom stereocenters. The highest BCUT2D eigenvalue weighted by molar-refractivity contribution is 6.24. The van der Waals surface area contributed by atoms with E-state index in [0.717, 1.165) is 7.11 Å². The van der Waals surface area contributed by atoms with Crippen LogP contribution in [0.3, 0.4) is 0 Å². The van der Waals surface area contributed by atoms with Crippen LogP contribution in [0, 0.1) is 17.5 Å². The number of ether oxygens (including phenoxy) is 2. The molecule has 25 heavy (non-hydrogen) atoms. The molecular weight excluding hydrogens is 339 g/mol. The number of hydrogen-bond acceptors (Lipinski definition) is 5. The van der Waals surface area contributed by atoms with Crippen LogP contribution in [0.1, 0.15) is 31.1 Å². The van der Waals surface area contributed by atoms with Crippen LogP contribution in [0.25, 0.3) is 0 Å². The van der Waals surface area contributed by atoms with E-state index in [2.05, 4.69) is 4.74 Å². The molecule has 0 radical (unpaired) electrons. The quantitative estimate of drug-likeness (QED) is 0.178. The predicted octanol–water partition coefficient (Wildman–Crippen LogP) is 3.08. The third-order valence-electron chi connectivity index (χ3n) is 3.43. The number of methoxy groups -OCH3 is 1. The highest BCUT2D eigenvalue weighted by Crippen LogP contribution is 2.28. The van der Waals surface area contributed by atoms with E-state index in [1.54, 1.807) is 25.7 Å². The maximum atomic E-state index is 14.3. The molecule has 0 heterocycles. The van der Waals surface area contributed by atoms with E-state index in [1.807, 2.05) is 0 Å². The number of halogens is 3. The van der Waals surface area contributed by atoms with Gasteiger partial charge in [-0.25, -0.2) is 13.6 Å². The summed E-state index contributed by atoms with van der Waals surface area (Å²) in [5.41, 5.74) is -1.31. The molecule has 138 valence electrons. The molecular formula is C17H20F3NO4. The fourth-order valence-electron chi connectivity index (χ4n) is 2.07. The van der Waals surface area contributed by atoms with Gasteiger partial charge in [0.2, 0.25) is 11.6 Å². The molecule has 5 nitrogen and oxygen atoms in total. The molecule has 0 aromatic heterocycles. The summed E-state index contributed by atoms with van der Waals surface area (Å²) in [7, 11) is 0.938. The van der Waals surface area contributed by atoms with Crippen LogP contribution in [0.2, 0.25) is 0 Å². The number of hydrogen-bond donors (Lipinski definition) is 0. The second-order valence-electron chi connectivity index (χ2n) is 4.88. The van der Waals surface area contributed by atoms with Crippen LogP contribution in [0.4, 0.5) is 13.2 Å². The number of esters is 1. The fourth-order valence-corrected chi connectivity index (χ4v) is 2.07. The number of benzene rings is 1. The van der Waals surface area contributed by atoms with Crippen molar-refractivity contribution < 1.29 is 32.2 Å². The van der Waals surface area contributed by atoms with Crippen LogP contribution < -0.4 is 4.74 Å². The van der Waals surface area contributed by atoms with Gasteiger partial charge in [-0.1, -0.05) is 0 Å². The van der Waals surface area contributed by atoms with Crippen molar-refractivity contribution in [2.24, 2.45) is 0 Å². The number of carbonyl (C=O) groups excluding carboxylic acids is 2. The zero-order chi connectivity index (χ0) is 19.1. The average molecular weight is 359 g/mol. The fraction of sp³-hybridized carbons (Fsp3) is 0.412. The van der Waals surface area contributed by atoms with Gasteiger partial charge in [0.15, 0.2) is 17.4 Å². The molecule has 0 aliphatic carbocycles. The first kappa shape index (κ1) is 20.5. The van der Waals surface area contributed by atoms with Gasteiger partial charge in [0, 0.05) is 19.3 Å². The molecule has 0 unspecified atom stereocenters. The summed E-state index contributed by atoms with van der Waals surface area (Å²) in [6, 6.07) is 0.394. The maximum Gasteiger partial charge on any atom is 0.343 e. The maximum absolute atomic E-state index is 14.3. The Morgan fingerprint density at radius 3 is 2.20 bits per heavy atom. The van der Waals surface area contributed by atoms with Crippen LogP contribution in [0.5, 0.6) is 5.75 Å². The third-order valence-corrected chi connectivity index (χ3v) is 3.43. The molecule has 0 bridgehead atoms. The Hall–Kier alpha value is -2.51. The lowest BCUT2D eigenvalue weighted by Crippen LogP contribution is -2.24. The lowest BCUT2D eigenvalue weighted by atomic mass is 10.0. The molecule has 1 aromatic rings. The summed E-state index contributed by atoms with van der Waals surface area (Å²) in [6.07, 6.45) is 1.22. The van der Waals surface area contributed by atoms with E-state index in [0.29, 0.717) is 19.2 Å². The molecule has 0 aliphatic heterocycles. The average Bonchev–Trinajstić information content (AvgIpc) is 2.59. The molecule has 0 spiro atoms. The minimum atomic E-state index is -1.55. The number of rotatable bonds is 8. The van der Waals surface area contributed by atoms with E-state index in [-0.39, 0.29) is 6.61 Å². The number of nitrogens with zero attached hydrogens (tertiary/aromatic N) is 1. The number of Topliss-reactive ketones (excluding diaryl/α,β-unsaturated/α-hetero) is 1. The molecule has 0 aliphatic rings. The standard InChI is InChI=1S/C17H20F3NO4/c1-5-21(6-2)9-11(17(23)25-7-3)15(22)10-8-12(18)14(20)16(24-4)13(10)19/h8-9H,5-7H2,1-4H3/b11-9-. The first-order valence-electron chi connectivity index (χ1n) is 7.71. The van der Waals surface area contributed by atoms with Gasteiger partial charge >= 0.3 is 5.97 Å². The summed E-state index contributed by atoms with van der Waals surface area (Å²) in [4.78, 5) is 26.3. The van der Waals surface area contributed by atoms with Gasteiger partial charge in [-0.15, -0.1) is 0 Å². The summed E-state index contributed by atoms with van der Waals surface area (Å²) < 4.78 is 50.8. The van der Waals surface area contributed by atoms with Gasteiger partial charge < -0.3 is 14.4 Å². The first-order valence-corrected chi connectivity index (χ1v) is 7.71. The van der Waals surface area contributed by atoms with Crippen molar-refractivity contribution >= 4 is 11.8 Å². The summed E-state index contributed by atoms with van der Waals surface area (Å²) in [5, 5.41) is 0. The van der Waals surface area contributed by atoms with Crippen molar-refractivity contribution in [3.05, 3.63) is 40.9 Å². The third kappa shape index (κ3) is 4.52. The zero-order valence-electron chi connectivity index (χ0n) is 14.5. The highest BCUT2D eigenvalue weighted by Gasteiger charge is 2.29.